The topological polar surface area (TPSA) is 77.9 Å². The van der Waals surface area contributed by atoms with Gasteiger partial charge in [0.15, 0.2) is 11.5 Å². The lowest BCUT2D eigenvalue weighted by molar-refractivity contribution is -0.136. The number of hydrogen-bond acceptors (Lipinski definition) is 6. The molecule has 0 aliphatic carbocycles. The Morgan fingerprint density at radius 2 is 1.79 bits per heavy atom. The Labute approximate surface area is 167 Å². The summed E-state index contributed by atoms with van der Waals surface area (Å²) in [7, 11) is 4.67. The summed E-state index contributed by atoms with van der Waals surface area (Å²) in [6, 6.07) is 11.5. The van der Waals surface area contributed by atoms with Crippen LogP contribution >= 0.6 is 11.3 Å². The second-order valence-corrected chi connectivity index (χ2v) is 7.00. The minimum atomic E-state index is -0.855. The average molecular weight is 399 g/mol. The Morgan fingerprint density at radius 1 is 1.04 bits per heavy atom. The van der Waals surface area contributed by atoms with Gasteiger partial charge in [-0.3, -0.25) is 4.79 Å². The van der Waals surface area contributed by atoms with E-state index in [1.165, 1.54) is 11.3 Å². The van der Waals surface area contributed by atoms with Crippen LogP contribution in [0.4, 0.5) is 0 Å². The smallest absolute Gasteiger partial charge is 0.303 e. The van der Waals surface area contributed by atoms with E-state index in [4.69, 9.17) is 19.3 Å². The van der Waals surface area contributed by atoms with E-state index in [-0.39, 0.29) is 6.42 Å². The van der Waals surface area contributed by atoms with Crippen LogP contribution in [-0.4, -0.2) is 37.4 Å². The molecule has 0 radical (unpaired) electrons. The fraction of sp³-hybridized carbons (Fsp3) is 0.238. The Bertz CT molecular complexity index is 992. The van der Waals surface area contributed by atoms with Crippen LogP contribution < -0.4 is 14.2 Å². The number of thiazole rings is 1. The number of aromatic nitrogens is 1. The number of benzene rings is 2. The van der Waals surface area contributed by atoms with E-state index in [1.54, 1.807) is 27.4 Å². The van der Waals surface area contributed by atoms with Gasteiger partial charge >= 0.3 is 5.97 Å². The van der Waals surface area contributed by atoms with Gasteiger partial charge < -0.3 is 19.3 Å². The number of fused-ring (bicyclic) bond motifs is 1. The molecule has 3 aromatic rings. The van der Waals surface area contributed by atoms with Crippen molar-refractivity contribution in [2.24, 2.45) is 0 Å². The number of para-hydroxylation sites is 1. The normalized spacial score (nSPS) is 11.5. The number of allylic oxidation sites excluding steroid dienone is 1. The number of carboxylic acid groups (broad SMARTS) is 1. The second-order valence-electron chi connectivity index (χ2n) is 5.97. The van der Waals surface area contributed by atoms with Crippen molar-refractivity contribution in [1.82, 2.24) is 4.98 Å². The van der Waals surface area contributed by atoms with Gasteiger partial charge in [0, 0.05) is 12.0 Å². The Kier molecular flexibility index (Phi) is 6.16. The zero-order chi connectivity index (χ0) is 20.1. The largest absolute Gasteiger partial charge is 0.493 e. The highest BCUT2D eigenvalue weighted by molar-refractivity contribution is 7.19. The molecule has 0 aliphatic rings. The van der Waals surface area contributed by atoms with E-state index in [9.17, 15) is 4.79 Å². The molecule has 1 aromatic heterocycles. The molecule has 6 nitrogen and oxygen atoms in total. The van der Waals surface area contributed by atoms with E-state index < -0.39 is 5.97 Å². The van der Waals surface area contributed by atoms with Crippen LogP contribution in [0, 0.1) is 0 Å². The number of nitrogens with zero attached hydrogens (tertiary/aromatic N) is 1. The molecule has 2 aromatic carbocycles. The van der Waals surface area contributed by atoms with Crippen LogP contribution in [0.1, 0.15) is 23.4 Å². The lowest BCUT2D eigenvalue weighted by Gasteiger charge is -2.14. The molecule has 0 atom stereocenters. The van der Waals surface area contributed by atoms with E-state index >= 15 is 0 Å². The number of ether oxygens (including phenoxy) is 3. The van der Waals surface area contributed by atoms with Gasteiger partial charge in [0.05, 0.1) is 31.5 Å². The molecule has 0 saturated heterocycles. The molecule has 0 fully saturated rings. The molecular formula is C21H21NO5S. The fourth-order valence-corrected chi connectivity index (χ4v) is 3.93. The third-order valence-electron chi connectivity index (χ3n) is 4.24. The Morgan fingerprint density at radius 3 is 2.43 bits per heavy atom. The van der Waals surface area contributed by atoms with Crippen molar-refractivity contribution in [3.63, 3.8) is 0 Å². The summed E-state index contributed by atoms with van der Waals surface area (Å²) in [4.78, 5) is 15.8. The summed E-state index contributed by atoms with van der Waals surface area (Å²) in [5.41, 5.74) is 2.48. The first-order valence-corrected chi connectivity index (χ1v) is 9.46. The van der Waals surface area contributed by atoms with Crippen LogP contribution in [-0.2, 0) is 4.79 Å². The summed E-state index contributed by atoms with van der Waals surface area (Å²) >= 11 is 1.54. The van der Waals surface area contributed by atoms with Crippen LogP contribution in [0.3, 0.4) is 0 Å². The molecule has 0 unspecified atom stereocenters. The third-order valence-corrected chi connectivity index (χ3v) is 5.35. The lowest BCUT2D eigenvalue weighted by Crippen LogP contribution is -1.98. The third kappa shape index (κ3) is 4.09. The predicted octanol–water partition coefficient (Wildman–Crippen LogP) is 4.73. The summed E-state index contributed by atoms with van der Waals surface area (Å²) in [6.45, 7) is 0. The predicted molar refractivity (Wildman–Crippen MR) is 110 cm³/mol. The molecule has 1 heterocycles. The van der Waals surface area contributed by atoms with Gasteiger partial charge in [0.25, 0.3) is 0 Å². The molecule has 0 spiro atoms. The molecule has 0 bridgehead atoms. The molecule has 28 heavy (non-hydrogen) atoms. The molecular weight excluding hydrogens is 378 g/mol. The number of carbonyl (C=O) groups is 1. The van der Waals surface area contributed by atoms with Gasteiger partial charge in [0.2, 0.25) is 5.75 Å². The van der Waals surface area contributed by atoms with Crippen molar-refractivity contribution >= 4 is 39.2 Å². The zero-order valence-corrected chi connectivity index (χ0v) is 16.7. The molecule has 1 N–H and O–H groups in total. The maximum absolute atomic E-state index is 11.2. The van der Waals surface area contributed by atoms with Gasteiger partial charge in [-0.25, -0.2) is 4.98 Å². The van der Waals surface area contributed by atoms with Crippen molar-refractivity contribution in [1.29, 1.82) is 0 Å². The van der Waals surface area contributed by atoms with Gasteiger partial charge in [-0.1, -0.05) is 12.1 Å². The molecule has 7 heteroatoms. The SMILES string of the molecule is COc1ccc(/C=C(/CCC(=O)O)c2nc3ccccc3s2)c(OC)c1OC. The summed E-state index contributed by atoms with van der Waals surface area (Å²) in [6.07, 6.45) is 2.27. The van der Waals surface area contributed by atoms with E-state index in [0.29, 0.717) is 23.7 Å². The van der Waals surface area contributed by atoms with E-state index in [1.807, 2.05) is 36.4 Å². The molecule has 146 valence electrons. The first-order valence-electron chi connectivity index (χ1n) is 8.64. The maximum atomic E-state index is 11.2. The first kappa shape index (κ1) is 19.7. The highest BCUT2D eigenvalue weighted by Crippen LogP contribution is 2.42. The molecule has 0 aliphatic heterocycles. The van der Waals surface area contributed by atoms with E-state index in [2.05, 4.69) is 4.98 Å². The average Bonchev–Trinajstić information content (AvgIpc) is 3.14. The van der Waals surface area contributed by atoms with Gasteiger partial charge in [-0.15, -0.1) is 11.3 Å². The van der Waals surface area contributed by atoms with Crippen LogP contribution in [0.25, 0.3) is 21.9 Å². The number of hydrogen-bond donors (Lipinski definition) is 1. The van der Waals surface area contributed by atoms with Crippen LogP contribution in [0.2, 0.25) is 0 Å². The first-order chi connectivity index (χ1) is 13.6. The number of rotatable bonds is 8. The highest BCUT2D eigenvalue weighted by Gasteiger charge is 2.17. The summed E-state index contributed by atoms with van der Waals surface area (Å²) in [5, 5.41) is 9.95. The maximum Gasteiger partial charge on any atom is 0.303 e. The van der Waals surface area contributed by atoms with Gasteiger partial charge in [-0.2, -0.15) is 0 Å². The summed E-state index contributed by atoms with van der Waals surface area (Å²) in [5.74, 6) is 0.714. The van der Waals surface area contributed by atoms with Crippen molar-refractivity contribution < 1.29 is 24.1 Å². The van der Waals surface area contributed by atoms with E-state index in [0.717, 1.165) is 26.4 Å². The highest BCUT2D eigenvalue weighted by atomic mass is 32.1. The van der Waals surface area contributed by atoms with Gasteiger partial charge in [0.1, 0.15) is 5.01 Å². The Balaban J connectivity index is 2.12. The number of aliphatic carboxylic acids is 1. The summed E-state index contributed by atoms with van der Waals surface area (Å²) < 4.78 is 17.4. The molecule has 3 rings (SSSR count). The monoisotopic (exact) mass is 399 g/mol. The van der Waals surface area contributed by atoms with Crippen LogP contribution in [0.15, 0.2) is 36.4 Å². The van der Waals surface area contributed by atoms with Crippen LogP contribution in [0.5, 0.6) is 17.2 Å². The van der Waals surface area contributed by atoms with Crippen molar-refractivity contribution in [3.05, 3.63) is 47.0 Å². The fourth-order valence-electron chi connectivity index (χ4n) is 2.92. The lowest BCUT2D eigenvalue weighted by atomic mass is 10.0. The van der Waals surface area contributed by atoms with Crippen molar-refractivity contribution in [3.8, 4) is 17.2 Å². The van der Waals surface area contributed by atoms with Crippen molar-refractivity contribution in [2.75, 3.05) is 21.3 Å². The minimum Gasteiger partial charge on any atom is -0.493 e. The number of carboxylic acids is 1. The second kappa shape index (κ2) is 8.75. The Hall–Kier alpha value is -3.06. The minimum absolute atomic E-state index is 0.0113. The van der Waals surface area contributed by atoms with Crippen molar-refractivity contribution in [2.45, 2.75) is 12.8 Å². The quantitative estimate of drug-likeness (QED) is 0.590. The molecule has 0 amide bonds. The molecule has 0 saturated carbocycles. The number of methoxy groups -OCH3 is 3. The standard InChI is InChI=1S/C21H21NO5S/c1-25-16-10-8-13(19(26-2)20(16)27-3)12-14(9-11-18(23)24)21-22-15-6-4-5-7-17(15)28-21/h4-8,10,12H,9,11H2,1-3H3,(H,23,24)/b14-12-. The zero-order valence-electron chi connectivity index (χ0n) is 15.9. The van der Waals surface area contributed by atoms with Gasteiger partial charge in [-0.05, 0) is 42.3 Å².